The summed E-state index contributed by atoms with van der Waals surface area (Å²) in [6.45, 7) is 4.16. The van der Waals surface area contributed by atoms with Crippen molar-refractivity contribution in [3.8, 4) is 11.1 Å². The SMILES string of the molecule is Cc1sccc1-c1cccc(C(C)N)c1. The van der Waals surface area contributed by atoms with Crippen molar-refractivity contribution < 1.29 is 0 Å². The Balaban J connectivity index is 2.46. The Kier molecular flexibility index (Phi) is 2.89. The van der Waals surface area contributed by atoms with Crippen LogP contribution in [0.2, 0.25) is 0 Å². The summed E-state index contributed by atoms with van der Waals surface area (Å²) in [5.41, 5.74) is 9.66. The van der Waals surface area contributed by atoms with Crippen LogP contribution in [0, 0.1) is 6.92 Å². The molecule has 1 nitrogen and oxygen atoms in total. The minimum atomic E-state index is 0.101. The van der Waals surface area contributed by atoms with Gasteiger partial charge in [0.2, 0.25) is 0 Å². The third-order valence-electron chi connectivity index (χ3n) is 2.58. The van der Waals surface area contributed by atoms with E-state index in [1.807, 2.05) is 6.92 Å². The van der Waals surface area contributed by atoms with Crippen LogP contribution in [-0.2, 0) is 0 Å². The van der Waals surface area contributed by atoms with E-state index in [9.17, 15) is 0 Å². The summed E-state index contributed by atoms with van der Waals surface area (Å²) in [5.74, 6) is 0. The Morgan fingerprint density at radius 2 is 2.07 bits per heavy atom. The molecule has 0 fully saturated rings. The third kappa shape index (κ3) is 2.11. The molecule has 2 aromatic rings. The van der Waals surface area contributed by atoms with E-state index in [4.69, 9.17) is 5.73 Å². The standard InChI is InChI=1S/C13H15NS/c1-9(14)11-4-3-5-12(8-11)13-6-7-15-10(13)2/h3-9H,14H2,1-2H3. The van der Waals surface area contributed by atoms with Crippen molar-refractivity contribution in [2.75, 3.05) is 0 Å². The van der Waals surface area contributed by atoms with Crippen LogP contribution in [0.25, 0.3) is 11.1 Å². The molecule has 0 bridgehead atoms. The van der Waals surface area contributed by atoms with Gasteiger partial charge in [-0.15, -0.1) is 11.3 Å². The normalized spacial score (nSPS) is 12.7. The van der Waals surface area contributed by atoms with Crippen LogP contribution in [0.5, 0.6) is 0 Å². The highest BCUT2D eigenvalue weighted by atomic mass is 32.1. The van der Waals surface area contributed by atoms with E-state index < -0.39 is 0 Å². The summed E-state index contributed by atoms with van der Waals surface area (Å²) in [5, 5.41) is 2.13. The third-order valence-corrected chi connectivity index (χ3v) is 3.43. The molecule has 2 heteroatoms. The summed E-state index contributed by atoms with van der Waals surface area (Å²) in [6, 6.07) is 10.7. The number of rotatable bonds is 2. The maximum absolute atomic E-state index is 5.88. The zero-order chi connectivity index (χ0) is 10.8. The van der Waals surface area contributed by atoms with E-state index in [1.165, 1.54) is 21.6 Å². The highest BCUT2D eigenvalue weighted by molar-refractivity contribution is 7.10. The molecule has 1 atom stereocenters. The Labute approximate surface area is 94.6 Å². The lowest BCUT2D eigenvalue weighted by Crippen LogP contribution is -2.04. The van der Waals surface area contributed by atoms with E-state index in [0.29, 0.717) is 0 Å². The molecule has 0 saturated heterocycles. The molecule has 0 amide bonds. The first-order valence-corrected chi connectivity index (χ1v) is 5.96. The second-order valence-electron chi connectivity index (χ2n) is 3.80. The number of nitrogens with two attached hydrogens (primary N) is 1. The largest absolute Gasteiger partial charge is 0.324 e. The predicted molar refractivity (Wildman–Crippen MR) is 67.1 cm³/mol. The molecule has 0 aliphatic carbocycles. The lowest BCUT2D eigenvalue weighted by Gasteiger charge is -2.07. The maximum atomic E-state index is 5.88. The molecule has 0 radical (unpaired) electrons. The molecule has 1 unspecified atom stereocenters. The molecule has 0 aliphatic rings. The van der Waals surface area contributed by atoms with Gasteiger partial charge in [0, 0.05) is 10.9 Å². The Bertz CT molecular complexity index is 457. The molecule has 0 saturated carbocycles. The minimum Gasteiger partial charge on any atom is -0.324 e. The van der Waals surface area contributed by atoms with Crippen molar-refractivity contribution in [1.29, 1.82) is 0 Å². The number of aryl methyl sites for hydroxylation is 1. The average Bonchev–Trinajstić information content (AvgIpc) is 2.64. The molecule has 0 spiro atoms. The second kappa shape index (κ2) is 4.17. The van der Waals surface area contributed by atoms with Crippen LogP contribution in [-0.4, -0.2) is 0 Å². The van der Waals surface area contributed by atoms with Crippen molar-refractivity contribution in [2.24, 2.45) is 5.73 Å². The molecule has 1 heterocycles. The monoisotopic (exact) mass is 217 g/mol. The summed E-state index contributed by atoms with van der Waals surface area (Å²) >= 11 is 1.78. The molecular weight excluding hydrogens is 202 g/mol. The van der Waals surface area contributed by atoms with E-state index in [1.54, 1.807) is 11.3 Å². The van der Waals surface area contributed by atoms with Gasteiger partial charge in [0.05, 0.1) is 0 Å². The number of thiophene rings is 1. The van der Waals surface area contributed by atoms with Crippen LogP contribution in [0.4, 0.5) is 0 Å². The van der Waals surface area contributed by atoms with Gasteiger partial charge in [0.25, 0.3) is 0 Å². The van der Waals surface area contributed by atoms with Gasteiger partial charge in [-0.1, -0.05) is 18.2 Å². The van der Waals surface area contributed by atoms with Crippen LogP contribution in [0.3, 0.4) is 0 Å². The van der Waals surface area contributed by atoms with Gasteiger partial charge in [0.15, 0.2) is 0 Å². The fourth-order valence-electron chi connectivity index (χ4n) is 1.67. The van der Waals surface area contributed by atoms with Gasteiger partial charge in [-0.2, -0.15) is 0 Å². The van der Waals surface area contributed by atoms with Gasteiger partial charge in [-0.05, 0) is 48.1 Å². The van der Waals surface area contributed by atoms with E-state index in [-0.39, 0.29) is 6.04 Å². The number of hydrogen-bond acceptors (Lipinski definition) is 2. The fourth-order valence-corrected chi connectivity index (χ4v) is 2.39. The van der Waals surface area contributed by atoms with Crippen LogP contribution in [0.15, 0.2) is 35.7 Å². The molecule has 78 valence electrons. The summed E-state index contributed by atoms with van der Waals surface area (Å²) in [7, 11) is 0. The number of benzene rings is 1. The summed E-state index contributed by atoms with van der Waals surface area (Å²) in [4.78, 5) is 1.36. The van der Waals surface area contributed by atoms with Gasteiger partial charge in [-0.25, -0.2) is 0 Å². The summed E-state index contributed by atoms with van der Waals surface area (Å²) < 4.78 is 0. The van der Waals surface area contributed by atoms with Gasteiger partial charge >= 0.3 is 0 Å². The Morgan fingerprint density at radius 1 is 1.27 bits per heavy atom. The molecule has 1 aromatic carbocycles. The van der Waals surface area contributed by atoms with E-state index >= 15 is 0 Å². The Morgan fingerprint density at radius 3 is 2.67 bits per heavy atom. The maximum Gasteiger partial charge on any atom is 0.0266 e. The van der Waals surface area contributed by atoms with Crippen molar-refractivity contribution in [1.82, 2.24) is 0 Å². The molecule has 0 aliphatic heterocycles. The smallest absolute Gasteiger partial charge is 0.0266 e. The van der Waals surface area contributed by atoms with Gasteiger partial charge in [-0.3, -0.25) is 0 Å². The van der Waals surface area contributed by atoms with Crippen LogP contribution in [0.1, 0.15) is 23.4 Å². The minimum absolute atomic E-state index is 0.101. The number of hydrogen-bond donors (Lipinski definition) is 1. The highest BCUT2D eigenvalue weighted by Crippen LogP contribution is 2.28. The Hall–Kier alpha value is -1.12. The van der Waals surface area contributed by atoms with E-state index in [0.717, 1.165) is 0 Å². The van der Waals surface area contributed by atoms with E-state index in [2.05, 4.69) is 42.6 Å². The van der Waals surface area contributed by atoms with Crippen molar-refractivity contribution in [2.45, 2.75) is 19.9 Å². The predicted octanol–water partition coefficient (Wildman–Crippen LogP) is 3.74. The molecule has 2 rings (SSSR count). The molecule has 2 N–H and O–H groups in total. The van der Waals surface area contributed by atoms with Gasteiger partial charge < -0.3 is 5.73 Å². The van der Waals surface area contributed by atoms with Crippen molar-refractivity contribution in [3.05, 3.63) is 46.2 Å². The molecule has 1 aromatic heterocycles. The molecular formula is C13H15NS. The zero-order valence-electron chi connectivity index (χ0n) is 9.03. The topological polar surface area (TPSA) is 26.0 Å². The lowest BCUT2D eigenvalue weighted by molar-refractivity contribution is 0.819. The first-order valence-electron chi connectivity index (χ1n) is 5.08. The van der Waals surface area contributed by atoms with Crippen LogP contribution < -0.4 is 5.73 Å². The lowest BCUT2D eigenvalue weighted by atomic mass is 10.0. The first-order chi connectivity index (χ1) is 7.18. The fraction of sp³-hybridized carbons (Fsp3) is 0.231. The summed E-state index contributed by atoms with van der Waals surface area (Å²) in [6.07, 6.45) is 0. The van der Waals surface area contributed by atoms with Crippen LogP contribution >= 0.6 is 11.3 Å². The quantitative estimate of drug-likeness (QED) is 0.814. The van der Waals surface area contributed by atoms with Crippen molar-refractivity contribution in [3.63, 3.8) is 0 Å². The van der Waals surface area contributed by atoms with Gasteiger partial charge in [0.1, 0.15) is 0 Å². The molecule has 15 heavy (non-hydrogen) atoms. The second-order valence-corrected chi connectivity index (χ2v) is 4.92. The first kappa shape index (κ1) is 10.4. The zero-order valence-corrected chi connectivity index (χ0v) is 9.84. The van der Waals surface area contributed by atoms with Crippen molar-refractivity contribution >= 4 is 11.3 Å². The average molecular weight is 217 g/mol. The highest BCUT2D eigenvalue weighted by Gasteiger charge is 2.05.